The molecule has 0 bridgehead atoms. The van der Waals surface area contributed by atoms with Gasteiger partial charge < -0.3 is 9.15 Å². The van der Waals surface area contributed by atoms with Gasteiger partial charge in [-0.3, -0.25) is 0 Å². The van der Waals surface area contributed by atoms with Crippen molar-refractivity contribution in [3.05, 3.63) is 36.5 Å². The fourth-order valence-electron chi connectivity index (χ4n) is 0.704. The van der Waals surface area contributed by atoms with Gasteiger partial charge in [0, 0.05) is 0 Å². The Morgan fingerprint density at radius 3 is 3.00 bits per heavy atom. The molecule has 0 N–H and O–H groups in total. The molecule has 2 heteroatoms. The first-order valence-electron chi connectivity index (χ1n) is 3.11. The highest BCUT2D eigenvalue weighted by Crippen LogP contribution is 2.06. The second-order valence-electron chi connectivity index (χ2n) is 1.99. The zero-order valence-corrected chi connectivity index (χ0v) is 5.96. The van der Waals surface area contributed by atoms with Gasteiger partial charge in [-0.1, -0.05) is 6.58 Å². The van der Waals surface area contributed by atoms with Gasteiger partial charge in [-0.05, 0) is 19.1 Å². The van der Waals surface area contributed by atoms with Gasteiger partial charge in [0.1, 0.15) is 18.1 Å². The summed E-state index contributed by atoms with van der Waals surface area (Å²) in [4.78, 5) is 0. The standard InChI is InChI=1S/C8H10O2/c1-3-9-6-8-5-4-7(2)10-8/h3-5H,1,6H2,2H3. The van der Waals surface area contributed by atoms with Crippen molar-refractivity contribution in [1.82, 2.24) is 0 Å². The van der Waals surface area contributed by atoms with Crippen LogP contribution in [-0.2, 0) is 11.3 Å². The average molecular weight is 138 g/mol. The summed E-state index contributed by atoms with van der Waals surface area (Å²) in [5.41, 5.74) is 0. The van der Waals surface area contributed by atoms with Gasteiger partial charge >= 0.3 is 0 Å². The summed E-state index contributed by atoms with van der Waals surface area (Å²) in [5, 5.41) is 0. The van der Waals surface area contributed by atoms with Crippen LogP contribution in [0.1, 0.15) is 11.5 Å². The summed E-state index contributed by atoms with van der Waals surface area (Å²) in [6.07, 6.45) is 1.40. The topological polar surface area (TPSA) is 22.4 Å². The molecule has 0 radical (unpaired) electrons. The van der Waals surface area contributed by atoms with Crippen LogP contribution < -0.4 is 0 Å². The number of rotatable bonds is 3. The van der Waals surface area contributed by atoms with E-state index < -0.39 is 0 Å². The number of ether oxygens (including phenoxy) is 1. The molecule has 0 atom stereocenters. The van der Waals surface area contributed by atoms with E-state index in [1.807, 2.05) is 19.1 Å². The molecule has 2 nitrogen and oxygen atoms in total. The lowest BCUT2D eigenvalue weighted by Crippen LogP contribution is -1.80. The maximum atomic E-state index is 5.21. The van der Waals surface area contributed by atoms with Crippen LogP contribution in [0.2, 0.25) is 0 Å². The lowest BCUT2D eigenvalue weighted by Gasteiger charge is -1.93. The van der Waals surface area contributed by atoms with E-state index in [0.717, 1.165) is 11.5 Å². The molecular weight excluding hydrogens is 128 g/mol. The van der Waals surface area contributed by atoms with Crippen LogP contribution >= 0.6 is 0 Å². The van der Waals surface area contributed by atoms with E-state index in [4.69, 9.17) is 9.15 Å². The summed E-state index contributed by atoms with van der Waals surface area (Å²) in [6.45, 7) is 5.79. The molecule has 0 amide bonds. The lowest BCUT2D eigenvalue weighted by molar-refractivity contribution is 0.209. The van der Waals surface area contributed by atoms with E-state index in [1.165, 1.54) is 6.26 Å². The van der Waals surface area contributed by atoms with Crippen LogP contribution in [0.25, 0.3) is 0 Å². The van der Waals surface area contributed by atoms with Crippen molar-refractivity contribution >= 4 is 0 Å². The molecule has 1 rings (SSSR count). The van der Waals surface area contributed by atoms with Gasteiger partial charge in [-0.15, -0.1) is 0 Å². The van der Waals surface area contributed by atoms with Crippen LogP contribution in [0.5, 0.6) is 0 Å². The molecule has 0 saturated carbocycles. The number of hydrogen-bond donors (Lipinski definition) is 0. The smallest absolute Gasteiger partial charge is 0.145 e. The maximum Gasteiger partial charge on any atom is 0.145 e. The molecule has 1 aromatic heterocycles. The van der Waals surface area contributed by atoms with Crippen LogP contribution in [0, 0.1) is 6.92 Å². The molecule has 0 aliphatic rings. The second-order valence-corrected chi connectivity index (χ2v) is 1.99. The van der Waals surface area contributed by atoms with Crippen molar-refractivity contribution < 1.29 is 9.15 Å². The third-order valence-electron chi connectivity index (χ3n) is 1.14. The molecule has 0 spiro atoms. The largest absolute Gasteiger partial charge is 0.494 e. The highest BCUT2D eigenvalue weighted by atomic mass is 16.5. The van der Waals surface area contributed by atoms with Gasteiger partial charge in [-0.25, -0.2) is 0 Å². The molecule has 0 aliphatic carbocycles. The first-order valence-corrected chi connectivity index (χ1v) is 3.11. The molecule has 0 saturated heterocycles. The minimum atomic E-state index is 0.470. The van der Waals surface area contributed by atoms with Crippen molar-refractivity contribution in [2.24, 2.45) is 0 Å². The van der Waals surface area contributed by atoms with E-state index >= 15 is 0 Å². The molecule has 0 unspecified atom stereocenters. The molecule has 1 aromatic rings. The minimum Gasteiger partial charge on any atom is -0.494 e. The van der Waals surface area contributed by atoms with Crippen molar-refractivity contribution in [3.8, 4) is 0 Å². The average Bonchev–Trinajstić information content (AvgIpc) is 2.31. The van der Waals surface area contributed by atoms with E-state index in [1.54, 1.807) is 0 Å². The third-order valence-corrected chi connectivity index (χ3v) is 1.14. The Morgan fingerprint density at radius 2 is 2.50 bits per heavy atom. The van der Waals surface area contributed by atoms with Crippen molar-refractivity contribution in [2.75, 3.05) is 0 Å². The Kier molecular flexibility index (Phi) is 2.15. The third kappa shape index (κ3) is 1.65. The van der Waals surface area contributed by atoms with E-state index in [0.29, 0.717) is 6.61 Å². The Balaban J connectivity index is 2.49. The van der Waals surface area contributed by atoms with Crippen molar-refractivity contribution in [1.29, 1.82) is 0 Å². The Hall–Kier alpha value is -1.18. The minimum absolute atomic E-state index is 0.470. The first kappa shape index (κ1) is 6.93. The SMILES string of the molecule is C=COCc1ccc(C)o1. The van der Waals surface area contributed by atoms with Gasteiger partial charge in [0.15, 0.2) is 0 Å². The predicted octanol–water partition coefficient (Wildman–Crippen LogP) is 2.25. The first-order chi connectivity index (χ1) is 4.83. The van der Waals surface area contributed by atoms with Crippen LogP contribution in [0.15, 0.2) is 29.4 Å². The van der Waals surface area contributed by atoms with Crippen LogP contribution in [-0.4, -0.2) is 0 Å². The molecular formula is C8H10O2. The molecule has 0 aliphatic heterocycles. The number of hydrogen-bond acceptors (Lipinski definition) is 2. The molecule has 0 fully saturated rings. The summed E-state index contributed by atoms with van der Waals surface area (Å²) in [6, 6.07) is 3.79. The summed E-state index contributed by atoms with van der Waals surface area (Å²) in [5.74, 6) is 1.74. The Labute approximate surface area is 60.1 Å². The predicted molar refractivity (Wildman–Crippen MR) is 38.4 cm³/mol. The lowest BCUT2D eigenvalue weighted by atomic mass is 10.4. The fourth-order valence-corrected chi connectivity index (χ4v) is 0.704. The Morgan fingerprint density at radius 1 is 1.70 bits per heavy atom. The number of aryl methyl sites for hydroxylation is 1. The summed E-state index contributed by atoms with van der Waals surface area (Å²) in [7, 11) is 0. The van der Waals surface area contributed by atoms with Crippen molar-refractivity contribution in [2.45, 2.75) is 13.5 Å². The van der Waals surface area contributed by atoms with Gasteiger partial charge in [0.25, 0.3) is 0 Å². The van der Waals surface area contributed by atoms with Gasteiger partial charge in [-0.2, -0.15) is 0 Å². The van der Waals surface area contributed by atoms with Gasteiger partial charge in [0.05, 0.1) is 6.26 Å². The Bertz CT molecular complexity index is 213. The quantitative estimate of drug-likeness (QED) is 0.598. The van der Waals surface area contributed by atoms with E-state index in [9.17, 15) is 0 Å². The molecule has 0 aromatic carbocycles. The number of furan rings is 1. The van der Waals surface area contributed by atoms with E-state index in [-0.39, 0.29) is 0 Å². The summed E-state index contributed by atoms with van der Waals surface area (Å²) < 4.78 is 10.1. The fraction of sp³-hybridized carbons (Fsp3) is 0.250. The van der Waals surface area contributed by atoms with Crippen molar-refractivity contribution in [3.63, 3.8) is 0 Å². The van der Waals surface area contributed by atoms with E-state index in [2.05, 4.69) is 6.58 Å². The second kappa shape index (κ2) is 3.11. The van der Waals surface area contributed by atoms with Crippen LogP contribution in [0.4, 0.5) is 0 Å². The van der Waals surface area contributed by atoms with Gasteiger partial charge in [0.2, 0.25) is 0 Å². The molecule has 1 heterocycles. The maximum absolute atomic E-state index is 5.21. The zero-order chi connectivity index (χ0) is 7.40. The molecule has 54 valence electrons. The van der Waals surface area contributed by atoms with Crippen LogP contribution in [0.3, 0.4) is 0 Å². The highest BCUT2D eigenvalue weighted by molar-refractivity contribution is 5.04. The monoisotopic (exact) mass is 138 g/mol. The zero-order valence-electron chi connectivity index (χ0n) is 5.96. The molecule has 10 heavy (non-hydrogen) atoms. The summed E-state index contributed by atoms with van der Waals surface area (Å²) >= 11 is 0. The normalized spacial score (nSPS) is 9.30. The highest BCUT2D eigenvalue weighted by Gasteiger charge is 1.95.